The van der Waals surface area contributed by atoms with Gasteiger partial charge in [0, 0.05) is 62.5 Å². The van der Waals surface area contributed by atoms with E-state index in [4.69, 9.17) is 16.3 Å². The van der Waals surface area contributed by atoms with Crippen LogP contribution in [0, 0.1) is 0 Å². The molecule has 2 rings (SSSR count). The van der Waals surface area contributed by atoms with Gasteiger partial charge >= 0.3 is 0 Å². The number of morpholine rings is 1. The average Bonchev–Trinajstić information content (AvgIpc) is 2.70. The molecule has 1 amide bonds. The normalized spacial score (nSPS) is 14.8. The fourth-order valence-electron chi connectivity index (χ4n) is 2.49. The maximum atomic E-state index is 11.8. The molecule has 1 saturated heterocycles. The minimum Gasteiger partial charge on any atom is -0.379 e. The Balaban J connectivity index is 0.00000420. The molecule has 1 aromatic rings. The fourth-order valence-corrected chi connectivity index (χ4v) is 3.38. The lowest BCUT2D eigenvalue weighted by Gasteiger charge is -2.26. The molecular formula is C19H31ClIN5O2S. The van der Waals surface area contributed by atoms with Crippen LogP contribution in [-0.2, 0) is 9.53 Å². The van der Waals surface area contributed by atoms with Crippen molar-refractivity contribution in [3.63, 3.8) is 0 Å². The maximum Gasteiger partial charge on any atom is 0.243 e. The molecule has 2 N–H and O–H groups in total. The number of carbonyl (C=O) groups is 1. The number of halogens is 2. The third-order valence-electron chi connectivity index (χ3n) is 4.17. The van der Waals surface area contributed by atoms with Gasteiger partial charge in [-0.15, -0.1) is 35.7 Å². The van der Waals surface area contributed by atoms with Gasteiger partial charge in [0.15, 0.2) is 5.96 Å². The lowest BCUT2D eigenvalue weighted by Crippen LogP contribution is -2.45. The number of rotatable bonds is 9. The molecule has 0 aromatic heterocycles. The average molecular weight is 556 g/mol. The Morgan fingerprint density at radius 3 is 2.52 bits per heavy atom. The molecule has 1 aliphatic rings. The summed E-state index contributed by atoms with van der Waals surface area (Å²) < 4.78 is 5.37. The van der Waals surface area contributed by atoms with Crippen LogP contribution >= 0.6 is 47.3 Å². The monoisotopic (exact) mass is 555 g/mol. The van der Waals surface area contributed by atoms with Gasteiger partial charge < -0.3 is 20.3 Å². The lowest BCUT2D eigenvalue weighted by molar-refractivity contribution is -0.127. The molecule has 7 nitrogen and oxygen atoms in total. The van der Waals surface area contributed by atoms with Crippen LogP contribution in [0.2, 0.25) is 5.02 Å². The second-order valence-electron chi connectivity index (χ2n) is 6.56. The van der Waals surface area contributed by atoms with E-state index in [-0.39, 0.29) is 36.4 Å². The summed E-state index contributed by atoms with van der Waals surface area (Å²) in [5.41, 5.74) is 0. The number of carbonyl (C=O) groups excluding carboxylic acids is 1. The van der Waals surface area contributed by atoms with Crippen molar-refractivity contribution in [2.24, 2.45) is 4.99 Å². The molecule has 0 aliphatic carbocycles. The summed E-state index contributed by atoms with van der Waals surface area (Å²) in [4.78, 5) is 21.3. The largest absolute Gasteiger partial charge is 0.379 e. The molecule has 1 aromatic carbocycles. The number of nitrogens with zero attached hydrogens (tertiary/aromatic N) is 3. The first-order valence-corrected chi connectivity index (χ1v) is 10.8. The molecule has 1 heterocycles. The van der Waals surface area contributed by atoms with Crippen molar-refractivity contribution in [3.05, 3.63) is 29.3 Å². The Morgan fingerprint density at radius 2 is 1.86 bits per heavy atom. The highest BCUT2D eigenvalue weighted by molar-refractivity contribution is 14.0. The number of benzene rings is 1. The summed E-state index contributed by atoms with van der Waals surface area (Å²) in [7, 11) is 3.47. The molecule has 29 heavy (non-hydrogen) atoms. The number of guanidine groups is 1. The van der Waals surface area contributed by atoms with Crippen molar-refractivity contribution in [3.8, 4) is 0 Å². The van der Waals surface area contributed by atoms with E-state index in [9.17, 15) is 4.79 Å². The Labute approximate surface area is 200 Å². The third-order valence-corrected chi connectivity index (χ3v) is 5.44. The molecule has 10 heteroatoms. The van der Waals surface area contributed by atoms with Crippen LogP contribution in [-0.4, -0.2) is 94.0 Å². The zero-order valence-electron chi connectivity index (χ0n) is 17.0. The van der Waals surface area contributed by atoms with Crippen molar-refractivity contribution in [2.75, 3.05) is 72.3 Å². The van der Waals surface area contributed by atoms with Gasteiger partial charge in [-0.1, -0.05) is 11.6 Å². The number of likely N-dealkylation sites (N-methyl/N-ethyl adjacent to an activating group) is 1. The lowest BCUT2D eigenvalue weighted by atomic mass is 10.4. The summed E-state index contributed by atoms with van der Waals surface area (Å²) in [6, 6.07) is 7.81. The standard InChI is InChI=1S/C19H30ClN5O2S.HI/c1-24(2)18(26)15-23-19(21-7-9-25-10-12-27-13-11-25)22-8-14-28-17-5-3-16(20)4-6-17;/h3-6H,7-15H2,1-2H3,(H2,21,22,23);1H. The van der Waals surface area contributed by atoms with Crippen LogP contribution in [0.5, 0.6) is 0 Å². The van der Waals surface area contributed by atoms with Gasteiger partial charge in [0.1, 0.15) is 6.54 Å². The van der Waals surface area contributed by atoms with Crippen LogP contribution in [0.1, 0.15) is 0 Å². The summed E-state index contributed by atoms with van der Waals surface area (Å²) in [6.07, 6.45) is 0. The highest BCUT2D eigenvalue weighted by atomic mass is 127. The van der Waals surface area contributed by atoms with Gasteiger partial charge in [0.2, 0.25) is 5.91 Å². The Morgan fingerprint density at radius 1 is 1.21 bits per heavy atom. The van der Waals surface area contributed by atoms with E-state index in [0.29, 0.717) is 5.96 Å². The minimum atomic E-state index is -0.0233. The Bertz CT molecular complexity index is 628. The van der Waals surface area contributed by atoms with E-state index < -0.39 is 0 Å². The van der Waals surface area contributed by atoms with Gasteiger partial charge in [-0.2, -0.15) is 0 Å². The van der Waals surface area contributed by atoms with E-state index in [2.05, 4.69) is 20.5 Å². The van der Waals surface area contributed by atoms with Crippen LogP contribution in [0.4, 0.5) is 0 Å². The second kappa shape index (κ2) is 15.1. The SMILES string of the molecule is CN(C)C(=O)CN=C(NCCSc1ccc(Cl)cc1)NCCN1CCOCC1.I. The topological polar surface area (TPSA) is 69.2 Å². The number of hydrogen-bond acceptors (Lipinski definition) is 5. The summed E-state index contributed by atoms with van der Waals surface area (Å²) in [5, 5.41) is 7.38. The second-order valence-corrected chi connectivity index (χ2v) is 8.17. The van der Waals surface area contributed by atoms with Crippen LogP contribution in [0.3, 0.4) is 0 Å². The summed E-state index contributed by atoms with van der Waals surface area (Å²) in [5.74, 6) is 1.53. The van der Waals surface area contributed by atoms with Crippen LogP contribution < -0.4 is 10.6 Å². The predicted molar refractivity (Wildman–Crippen MR) is 132 cm³/mol. The van der Waals surface area contributed by atoms with E-state index in [1.807, 2.05) is 24.3 Å². The Hall–Kier alpha value is -0.750. The number of amides is 1. The van der Waals surface area contributed by atoms with Crippen molar-refractivity contribution in [1.29, 1.82) is 0 Å². The highest BCUT2D eigenvalue weighted by Crippen LogP contribution is 2.19. The predicted octanol–water partition coefficient (Wildman–Crippen LogP) is 2.01. The fraction of sp³-hybridized carbons (Fsp3) is 0.579. The Kier molecular flexibility index (Phi) is 13.7. The van der Waals surface area contributed by atoms with E-state index in [1.54, 1.807) is 30.8 Å². The molecule has 164 valence electrons. The summed E-state index contributed by atoms with van der Waals surface area (Å²) >= 11 is 7.66. The number of thioether (sulfide) groups is 1. The van der Waals surface area contributed by atoms with Crippen molar-refractivity contribution in [2.45, 2.75) is 4.90 Å². The van der Waals surface area contributed by atoms with Crippen LogP contribution in [0.15, 0.2) is 34.2 Å². The molecule has 0 spiro atoms. The number of ether oxygens (including phenoxy) is 1. The molecule has 0 unspecified atom stereocenters. The van der Waals surface area contributed by atoms with Crippen molar-refractivity contribution in [1.82, 2.24) is 20.4 Å². The molecular weight excluding hydrogens is 525 g/mol. The van der Waals surface area contributed by atoms with Gasteiger partial charge in [-0.05, 0) is 24.3 Å². The van der Waals surface area contributed by atoms with E-state index in [0.717, 1.165) is 56.7 Å². The minimum absolute atomic E-state index is 0. The van der Waals surface area contributed by atoms with Crippen LogP contribution in [0.25, 0.3) is 0 Å². The molecule has 0 saturated carbocycles. The van der Waals surface area contributed by atoms with E-state index >= 15 is 0 Å². The first-order chi connectivity index (χ1) is 13.5. The van der Waals surface area contributed by atoms with Gasteiger partial charge in [0.25, 0.3) is 0 Å². The molecule has 0 radical (unpaired) electrons. The molecule has 0 atom stereocenters. The molecule has 0 bridgehead atoms. The zero-order valence-corrected chi connectivity index (χ0v) is 20.9. The van der Waals surface area contributed by atoms with Gasteiger partial charge in [-0.25, -0.2) is 4.99 Å². The smallest absolute Gasteiger partial charge is 0.243 e. The highest BCUT2D eigenvalue weighted by Gasteiger charge is 2.10. The van der Waals surface area contributed by atoms with Crippen molar-refractivity contribution >= 4 is 59.2 Å². The third kappa shape index (κ3) is 11.3. The number of nitrogens with one attached hydrogen (secondary N) is 2. The first-order valence-electron chi connectivity index (χ1n) is 9.45. The maximum absolute atomic E-state index is 11.8. The van der Waals surface area contributed by atoms with Gasteiger partial charge in [-0.3, -0.25) is 9.69 Å². The molecule has 1 fully saturated rings. The van der Waals surface area contributed by atoms with Gasteiger partial charge in [0.05, 0.1) is 13.2 Å². The zero-order chi connectivity index (χ0) is 20.2. The molecule has 1 aliphatic heterocycles. The summed E-state index contributed by atoms with van der Waals surface area (Å²) in [6.45, 7) is 6.06. The number of hydrogen-bond donors (Lipinski definition) is 2. The van der Waals surface area contributed by atoms with Crippen molar-refractivity contribution < 1.29 is 9.53 Å². The quantitative estimate of drug-likeness (QED) is 0.160. The number of aliphatic imine (C=N–C) groups is 1. The van der Waals surface area contributed by atoms with E-state index in [1.165, 1.54) is 4.90 Å². The first kappa shape index (κ1) is 26.3.